The number of carbonyl (C=O) groups is 3. The number of ether oxygens (including phenoxy) is 2. The number of imidazole rings is 1. The first kappa shape index (κ1) is 35.4. The minimum Gasteiger partial charge on any atom is -0.455 e. The molecule has 1 aliphatic heterocycles. The quantitative estimate of drug-likeness (QED) is 0.102. The lowest BCUT2D eigenvalue weighted by Gasteiger charge is -2.25. The summed E-state index contributed by atoms with van der Waals surface area (Å²) >= 11 is 0. The van der Waals surface area contributed by atoms with Gasteiger partial charge in [-0.2, -0.15) is 0 Å². The van der Waals surface area contributed by atoms with E-state index in [1.54, 1.807) is 13.8 Å². The number of rotatable bonds is 15. The number of aliphatic hydroxyl groups excluding tert-OH is 1. The third-order valence-corrected chi connectivity index (χ3v) is 7.37. The van der Waals surface area contributed by atoms with Gasteiger partial charge in [0, 0.05) is 30.8 Å². The van der Waals surface area contributed by atoms with Crippen LogP contribution in [0.2, 0.25) is 0 Å². The van der Waals surface area contributed by atoms with Crippen molar-refractivity contribution in [2.45, 2.75) is 79.9 Å². The van der Waals surface area contributed by atoms with Gasteiger partial charge in [-0.15, -0.1) is 0 Å². The van der Waals surface area contributed by atoms with Gasteiger partial charge in [0.05, 0.1) is 6.10 Å². The van der Waals surface area contributed by atoms with E-state index in [-0.39, 0.29) is 36.3 Å². The van der Waals surface area contributed by atoms with Crippen LogP contribution in [0.25, 0.3) is 0 Å². The first-order valence-corrected chi connectivity index (χ1v) is 15.0. The summed E-state index contributed by atoms with van der Waals surface area (Å²) in [6, 6.07) is 0. The first-order valence-electron chi connectivity index (χ1n) is 15.0. The highest BCUT2D eigenvalue weighted by molar-refractivity contribution is 5.96. The summed E-state index contributed by atoms with van der Waals surface area (Å²) in [7, 11) is 0. The zero-order valence-electron chi connectivity index (χ0n) is 26.6. The zero-order valence-corrected chi connectivity index (χ0v) is 26.6. The third-order valence-electron chi connectivity index (χ3n) is 7.37. The highest BCUT2D eigenvalue weighted by Gasteiger charge is 2.27. The van der Waals surface area contributed by atoms with E-state index in [4.69, 9.17) is 9.47 Å². The molecule has 8 heteroatoms. The number of Topliss-reactive ketones (excluding diaryl/α,β-unsaturated/α-hetero) is 1. The number of hydrogen-bond acceptors (Lipinski definition) is 7. The third kappa shape index (κ3) is 13.0. The molecule has 0 bridgehead atoms. The molecule has 1 unspecified atom stereocenters. The number of hydrogen-bond donors (Lipinski definition) is 1. The fraction of sp³-hybridized carbons (Fsp3) is 0.486. The molecule has 8 nitrogen and oxygen atoms in total. The molecule has 0 spiro atoms. The second kappa shape index (κ2) is 18.0. The molecule has 1 aromatic heterocycles. The van der Waals surface area contributed by atoms with Gasteiger partial charge in [-0.05, 0) is 69.1 Å². The number of aliphatic hydroxyl groups is 1. The van der Waals surface area contributed by atoms with E-state index in [1.165, 1.54) is 29.4 Å². The second-order valence-electron chi connectivity index (χ2n) is 11.7. The van der Waals surface area contributed by atoms with Crippen molar-refractivity contribution in [2.24, 2.45) is 23.7 Å². The van der Waals surface area contributed by atoms with Crippen molar-refractivity contribution >= 4 is 17.8 Å². The summed E-state index contributed by atoms with van der Waals surface area (Å²) in [6.07, 6.45) is 22.4. The predicted molar refractivity (Wildman–Crippen MR) is 169 cm³/mol. The number of allylic oxidation sites excluding steroid dienone is 8. The van der Waals surface area contributed by atoms with Crippen molar-refractivity contribution in [3.8, 4) is 0 Å². The smallest absolute Gasteiger partial charge is 0.419 e. The minimum absolute atomic E-state index is 0.0617. The normalized spacial score (nSPS) is 20.1. The van der Waals surface area contributed by atoms with Crippen molar-refractivity contribution < 1.29 is 29.0 Å². The van der Waals surface area contributed by atoms with E-state index in [0.717, 1.165) is 17.6 Å². The fourth-order valence-electron chi connectivity index (χ4n) is 4.94. The van der Waals surface area contributed by atoms with Crippen LogP contribution in [-0.4, -0.2) is 51.3 Å². The number of carbonyl (C=O) groups excluding carboxylic acids is 3. The highest BCUT2D eigenvalue weighted by atomic mass is 16.5. The van der Waals surface area contributed by atoms with Crippen molar-refractivity contribution in [3.05, 3.63) is 90.1 Å². The van der Waals surface area contributed by atoms with Crippen molar-refractivity contribution in [3.63, 3.8) is 0 Å². The molecule has 43 heavy (non-hydrogen) atoms. The van der Waals surface area contributed by atoms with Gasteiger partial charge in [-0.1, -0.05) is 75.3 Å². The summed E-state index contributed by atoms with van der Waals surface area (Å²) < 4.78 is 11.7. The lowest BCUT2D eigenvalue weighted by molar-refractivity contribution is -0.141. The van der Waals surface area contributed by atoms with Gasteiger partial charge in [-0.3, -0.25) is 4.79 Å². The monoisotopic (exact) mass is 592 g/mol. The maximum atomic E-state index is 13.1. The van der Waals surface area contributed by atoms with Gasteiger partial charge in [0.1, 0.15) is 19.0 Å². The van der Waals surface area contributed by atoms with Crippen LogP contribution in [0.4, 0.5) is 4.79 Å². The van der Waals surface area contributed by atoms with Crippen molar-refractivity contribution in [1.82, 2.24) is 9.55 Å². The van der Waals surface area contributed by atoms with Crippen LogP contribution in [0.3, 0.4) is 0 Å². The number of nitrogens with zero attached hydrogens (tertiary/aromatic N) is 2. The average Bonchev–Trinajstić information content (AvgIpc) is 3.50. The Hall–Kier alpha value is -3.78. The maximum Gasteiger partial charge on any atom is 0.419 e. The SMILES string of the molecule is CC(C=C[C@H]1CC=CC(=O)O1)=C[C@H](C)C/C=C/C(C)C=C(C)C(=O)[C@@H](C)[C@H](O)[C@@H](C)CC(C)=CCOC(=O)n1ccnc1. The Kier molecular flexibility index (Phi) is 14.8. The number of esters is 1. The molecule has 6 atom stereocenters. The molecule has 1 aromatic rings. The molecule has 2 rings (SSSR count). The average molecular weight is 593 g/mol. The van der Waals surface area contributed by atoms with Crippen LogP contribution >= 0.6 is 0 Å². The van der Waals surface area contributed by atoms with E-state index in [2.05, 4.69) is 30.1 Å². The number of ketones is 1. The summed E-state index contributed by atoms with van der Waals surface area (Å²) in [5.74, 6) is -0.646. The van der Waals surface area contributed by atoms with Gasteiger partial charge in [0.15, 0.2) is 5.78 Å². The molecular weight excluding hydrogens is 544 g/mol. The number of aromatic nitrogens is 2. The van der Waals surface area contributed by atoms with Gasteiger partial charge in [0.2, 0.25) is 0 Å². The molecular formula is C35H48N2O6. The fourth-order valence-corrected chi connectivity index (χ4v) is 4.94. The first-order chi connectivity index (χ1) is 20.4. The Morgan fingerprint density at radius 1 is 1.19 bits per heavy atom. The van der Waals surface area contributed by atoms with E-state index in [0.29, 0.717) is 24.3 Å². The molecule has 1 aliphatic rings. The Balaban J connectivity index is 1.80. The molecule has 0 saturated heterocycles. The summed E-state index contributed by atoms with van der Waals surface area (Å²) in [5.41, 5.74) is 2.72. The van der Waals surface area contributed by atoms with Crippen molar-refractivity contribution in [1.29, 1.82) is 0 Å². The van der Waals surface area contributed by atoms with E-state index >= 15 is 0 Å². The van der Waals surface area contributed by atoms with Crippen LogP contribution in [-0.2, 0) is 19.1 Å². The van der Waals surface area contributed by atoms with Crippen LogP contribution in [0.15, 0.2) is 90.1 Å². The molecule has 2 heterocycles. The van der Waals surface area contributed by atoms with E-state index in [9.17, 15) is 19.5 Å². The largest absolute Gasteiger partial charge is 0.455 e. The highest BCUT2D eigenvalue weighted by Crippen LogP contribution is 2.23. The Morgan fingerprint density at radius 3 is 2.60 bits per heavy atom. The molecule has 0 saturated carbocycles. The van der Waals surface area contributed by atoms with Crippen LogP contribution in [0.5, 0.6) is 0 Å². The van der Waals surface area contributed by atoms with Crippen LogP contribution in [0.1, 0.15) is 67.7 Å². The molecule has 0 aromatic carbocycles. The summed E-state index contributed by atoms with van der Waals surface area (Å²) in [5, 5.41) is 10.9. The van der Waals surface area contributed by atoms with Crippen LogP contribution < -0.4 is 0 Å². The molecule has 0 amide bonds. The molecule has 0 aliphatic carbocycles. The van der Waals surface area contributed by atoms with Gasteiger partial charge >= 0.3 is 12.1 Å². The number of cyclic esters (lactones) is 1. The Labute approximate surface area is 256 Å². The predicted octanol–water partition coefficient (Wildman–Crippen LogP) is 6.95. The molecule has 1 N–H and O–H groups in total. The van der Waals surface area contributed by atoms with E-state index < -0.39 is 18.1 Å². The lowest BCUT2D eigenvalue weighted by Crippen LogP contribution is -2.32. The lowest BCUT2D eigenvalue weighted by atomic mass is 9.84. The second-order valence-corrected chi connectivity index (χ2v) is 11.7. The molecule has 0 fully saturated rings. The van der Waals surface area contributed by atoms with Crippen LogP contribution in [0, 0.1) is 23.7 Å². The molecule has 0 radical (unpaired) electrons. The van der Waals surface area contributed by atoms with Crippen molar-refractivity contribution in [2.75, 3.05) is 6.61 Å². The van der Waals surface area contributed by atoms with E-state index in [1.807, 2.05) is 58.1 Å². The minimum atomic E-state index is -0.801. The Bertz CT molecular complexity index is 1250. The molecule has 234 valence electrons. The van der Waals surface area contributed by atoms with Gasteiger partial charge in [0.25, 0.3) is 0 Å². The Morgan fingerprint density at radius 2 is 1.93 bits per heavy atom. The standard InChI is InChI=1S/C35H48N2O6/c1-24(20-26(3)14-15-31-12-9-13-32(38)43-31)10-8-11-25(2)21-28(5)33(39)30(7)34(40)29(6)22-27(4)16-19-42-35(41)37-18-17-36-23-37/h8-9,11,13-18,20-21,23-25,29-31,34,40H,10,12,19,22H2,1-7H3/b11-8+,15-14?,26-20?,27-16?,28-21?/t24-,25?,29+,30-,31-,34-/m1/s1. The maximum absolute atomic E-state index is 13.1. The van der Waals surface area contributed by atoms with Gasteiger partial charge < -0.3 is 14.6 Å². The summed E-state index contributed by atoms with van der Waals surface area (Å²) in [4.78, 5) is 40.2. The zero-order chi connectivity index (χ0) is 31.9. The van der Waals surface area contributed by atoms with Gasteiger partial charge in [-0.25, -0.2) is 19.1 Å². The summed E-state index contributed by atoms with van der Waals surface area (Å²) in [6.45, 7) is 13.8. The topological polar surface area (TPSA) is 108 Å².